The smallest absolute Gasteiger partial charge is 0.277 e. The second-order valence-corrected chi connectivity index (χ2v) is 8.18. The number of halogens is 3. The Morgan fingerprint density at radius 1 is 1.12 bits per heavy atom. The van der Waals surface area contributed by atoms with Crippen molar-refractivity contribution in [2.75, 3.05) is 23.3 Å². The Bertz CT molecular complexity index is 1380. The van der Waals surface area contributed by atoms with Gasteiger partial charge in [0.2, 0.25) is 0 Å². The lowest BCUT2D eigenvalue weighted by molar-refractivity contribution is -0.00565. The van der Waals surface area contributed by atoms with Crippen LogP contribution in [0.15, 0.2) is 36.8 Å². The van der Waals surface area contributed by atoms with E-state index in [1.165, 1.54) is 29.3 Å². The molecule has 176 valence electrons. The Balaban J connectivity index is 1.34. The molecule has 0 bridgehead atoms. The number of H-pyrrole nitrogens is 1. The number of nitrogens with zero attached hydrogens (tertiary/aromatic N) is 5. The van der Waals surface area contributed by atoms with Gasteiger partial charge in [0.15, 0.2) is 29.0 Å². The van der Waals surface area contributed by atoms with Crippen LogP contribution in [0.2, 0.25) is 0 Å². The van der Waals surface area contributed by atoms with Crippen molar-refractivity contribution < 1.29 is 22.7 Å². The molecule has 4 heterocycles. The summed E-state index contributed by atoms with van der Waals surface area (Å²) in [7, 11) is 0. The summed E-state index contributed by atoms with van der Waals surface area (Å²) in [6.07, 6.45) is 4.08. The molecule has 1 aliphatic rings. The number of aromatic nitrogens is 5. The zero-order valence-electron chi connectivity index (χ0n) is 18.2. The SMILES string of the molecule is C[C@H]1CN(c2ncc(-n3cc(C(=O)Nc4c[nH]c5cc(F)c(F)cc45)nn3)cc2F)C[C@H](C)O1. The van der Waals surface area contributed by atoms with Gasteiger partial charge >= 0.3 is 0 Å². The van der Waals surface area contributed by atoms with Crippen LogP contribution in [0.5, 0.6) is 0 Å². The maximum absolute atomic E-state index is 14.9. The molecule has 1 amide bonds. The maximum atomic E-state index is 14.9. The Labute approximate surface area is 191 Å². The summed E-state index contributed by atoms with van der Waals surface area (Å²) in [5.74, 6) is -2.98. The van der Waals surface area contributed by atoms with Gasteiger partial charge in [-0.3, -0.25) is 4.79 Å². The molecule has 0 saturated carbocycles. The van der Waals surface area contributed by atoms with Gasteiger partial charge in [-0.25, -0.2) is 22.8 Å². The Morgan fingerprint density at radius 3 is 2.59 bits per heavy atom. The third-order valence-electron chi connectivity index (χ3n) is 5.49. The minimum absolute atomic E-state index is 0.0475. The third kappa shape index (κ3) is 4.07. The van der Waals surface area contributed by atoms with Gasteiger partial charge in [0, 0.05) is 36.8 Å². The van der Waals surface area contributed by atoms with Gasteiger partial charge in [-0.05, 0) is 19.9 Å². The molecule has 1 fully saturated rings. The molecule has 0 spiro atoms. The van der Waals surface area contributed by atoms with Crippen LogP contribution in [0.1, 0.15) is 24.3 Å². The second kappa shape index (κ2) is 8.45. The largest absolute Gasteiger partial charge is 0.372 e. The quantitative estimate of drug-likeness (QED) is 0.473. The number of carbonyl (C=O) groups is 1. The number of amides is 1. The summed E-state index contributed by atoms with van der Waals surface area (Å²) in [6, 6.07) is 3.25. The van der Waals surface area contributed by atoms with Gasteiger partial charge in [-0.15, -0.1) is 5.10 Å². The monoisotopic (exact) mass is 471 g/mol. The molecule has 34 heavy (non-hydrogen) atoms. The zero-order valence-corrected chi connectivity index (χ0v) is 18.2. The molecule has 0 aliphatic carbocycles. The molecule has 0 radical (unpaired) electrons. The van der Waals surface area contributed by atoms with Gasteiger partial charge in [-0.2, -0.15) is 0 Å². The minimum atomic E-state index is -1.03. The van der Waals surface area contributed by atoms with E-state index >= 15 is 0 Å². The van der Waals surface area contributed by atoms with E-state index < -0.39 is 23.4 Å². The number of hydrogen-bond donors (Lipinski definition) is 2. The van der Waals surface area contributed by atoms with Gasteiger partial charge < -0.3 is 19.9 Å². The summed E-state index contributed by atoms with van der Waals surface area (Å²) in [4.78, 5) is 21.5. The van der Waals surface area contributed by atoms with Crippen LogP contribution < -0.4 is 10.2 Å². The number of anilines is 2. The van der Waals surface area contributed by atoms with Gasteiger partial charge in [0.25, 0.3) is 5.91 Å². The van der Waals surface area contributed by atoms with Crippen LogP contribution in [-0.4, -0.2) is 56.2 Å². The molecule has 5 rings (SSSR count). The third-order valence-corrected chi connectivity index (χ3v) is 5.49. The Hall–Kier alpha value is -3.93. The number of pyridine rings is 1. The lowest BCUT2D eigenvalue weighted by atomic mass is 10.2. The molecule has 1 saturated heterocycles. The van der Waals surface area contributed by atoms with Crippen molar-refractivity contribution in [3.63, 3.8) is 0 Å². The van der Waals surface area contributed by atoms with Crippen molar-refractivity contribution in [2.45, 2.75) is 26.1 Å². The van der Waals surface area contributed by atoms with Crippen LogP contribution >= 0.6 is 0 Å². The van der Waals surface area contributed by atoms with Crippen molar-refractivity contribution in [3.05, 3.63) is 59.9 Å². The molecule has 9 nitrogen and oxygen atoms in total. The highest BCUT2D eigenvalue weighted by atomic mass is 19.2. The molecule has 1 aliphatic heterocycles. The highest BCUT2D eigenvalue weighted by Gasteiger charge is 2.25. The highest BCUT2D eigenvalue weighted by Crippen LogP contribution is 2.26. The number of nitrogens with one attached hydrogen (secondary N) is 2. The van der Waals surface area contributed by atoms with Gasteiger partial charge in [-0.1, -0.05) is 5.21 Å². The van der Waals surface area contributed by atoms with E-state index in [-0.39, 0.29) is 35.1 Å². The fraction of sp³-hybridized carbons (Fsp3) is 0.273. The molecule has 1 aromatic carbocycles. The van der Waals surface area contributed by atoms with E-state index in [2.05, 4.69) is 25.6 Å². The van der Waals surface area contributed by atoms with E-state index in [4.69, 9.17) is 4.74 Å². The second-order valence-electron chi connectivity index (χ2n) is 8.18. The lowest BCUT2D eigenvalue weighted by Gasteiger charge is -2.36. The Morgan fingerprint density at radius 2 is 1.85 bits per heavy atom. The number of morpholine rings is 1. The maximum Gasteiger partial charge on any atom is 0.277 e. The average molecular weight is 471 g/mol. The first-order valence-electron chi connectivity index (χ1n) is 10.5. The van der Waals surface area contributed by atoms with Crippen molar-refractivity contribution in [1.29, 1.82) is 0 Å². The number of hydrogen-bond acceptors (Lipinski definition) is 6. The predicted molar refractivity (Wildman–Crippen MR) is 118 cm³/mol. The van der Waals surface area contributed by atoms with E-state index in [0.29, 0.717) is 24.0 Å². The summed E-state index contributed by atoms with van der Waals surface area (Å²) >= 11 is 0. The van der Waals surface area contributed by atoms with Crippen LogP contribution in [0.25, 0.3) is 16.6 Å². The molecule has 3 aromatic heterocycles. The van der Waals surface area contributed by atoms with Gasteiger partial charge in [0.05, 0.1) is 41.5 Å². The summed E-state index contributed by atoms with van der Waals surface area (Å²) in [5, 5.41) is 10.6. The normalized spacial score (nSPS) is 18.4. The Kier molecular flexibility index (Phi) is 5.44. The molecule has 12 heteroatoms. The van der Waals surface area contributed by atoms with E-state index in [1.807, 2.05) is 18.7 Å². The first-order chi connectivity index (χ1) is 16.3. The summed E-state index contributed by atoms with van der Waals surface area (Å²) < 4.78 is 48.8. The van der Waals surface area contributed by atoms with Crippen LogP contribution in [0.4, 0.5) is 24.7 Å². The van der Waals surface area contributed by atoms with Crippen LogP contribution in [0, 0.1) is 17.5 Å². The number of carbonyl (C=O) groups excluding carboxylic acids is 1. The van der Waals surface area contributed by atoms with Crippen molar-refractivity contribution in [1.82, 2.24) is 25.0 Å². The number of benzene rings is 1. The van der Waals surface area contributed by atoms with Crippen molar-refractivity contribution in [3.8, 4) is 5.69 Å². The molecule has 2 atom stereocenters. The number of fused-ring (bicyclic) bond motifs is 1. The van der Waals surface area contributed by atoms with E-state index in [0.717, 1.165) is 12.1 Å². The van der Waals surface area contributed by atoms with Crippen LogP contribution in [-0.2, 0) is 4.74 Å². The van der Waals surface area contributed by atoms with Crippen molar-refractivity contribution in [2.24, 2.45) is 0 Å². The minimum Gasteiger partial charge on any atom is -0.372 e. The number of rotatable bonds is 4. The standard InChI is InChI=1S/C22H20F3N7O2/c1-11-8-31(9-12(2)34-11)21-17(25)3-13(6-27-21)32-10-20(29-30-32)22(33)28-19-7-26-18-5-16(24)15(23)4-14(18)19/h3-7,10-12,26H,8-9H2,1-2H3,(H,28,33)/t11-,12-/m0/s1. The van der Waals surface area contributed by atoms with Gasteiger partial charge in [0.1, 0.15) is 0 Å². The summed E-state index contributed by atoms with van der Waals surface area (Å²) in [5.41, 5.74) is 0.798. The highest BCUT2D eigenvalue weighted by molar-refractivity contribution is 6.07. The predicted octanol–water partition coefficient (Wildman–Crippen LogP) is 3.43. The van der Waals surface area contributed by atoms with Crippen LogP contribution in [0.3, 0.4) is 0 Å². The number of ether oxygens (including phenoxy) is 1. The average Bonchev–Trinajstić information content (AvgIpc) is 3.41. The fourth-order valence-electron chi connectivity index (χ4n) is 4.03. The topological polar surface area (TPSA) is 101 Å². The van der Waals surface area contributed by atoms with Crippen molar-refractivity contribution >= 4 is 28.3 Å². The molecule has 4 aromatic rings. The molecular weight excluding hydrogens is 451 g/mol. The number of aromatic amines is 1. The zero-order chi connectivity index (χ0) is 24.0. The molecular formula is C22H20F3N7O2. The first-order valence-corrected chi connectivity index (χ1v) is 10.5. The van der Waals surface area contributed by atoms with E-state index in [1.54, 1.807) is 0 Å². The molecule has 2 N–H and O–H groups in total. The van der Waals surface area contributed by atoms with E-state index in [9.17, 15) is 18.0 Å². The fourth-order valence-corrected chi connectivity index (χ4v) is 4.03. The first kappa shape index (κ1) is 21.9. The lowest BCUT2D eigenvalue weighted by Crippen LogP contribution is -2.46. The molecule has 0 unspecified atom stereocenters. The summed E-state index contributed by atoms with van der Waals surface area (Å²) in [6.45, 7) is 4.88.